The highest BCUT2D eigenvalue weighted by atomic mass is 32.2. The normalized spacial score (nSPS) is 11.8. The standard InChI is InChI=1S/C18H14F3N5O2.C7H8O3S/c1-24-10-22-15-16(24)14(11-7-23-25(2)8-11)9-26(17(15)27)12-3-5-13(6-4-12)28-18(19,20)21;1-6-2-4-7(5-3-6)11(8,9)10/h3-10H,1-2H3;2-5H,1H3,(H,8,9,10)/p+1. The zero-order valence-electron chi connectivity index (χ0n) is 20.8. The second-order valence-electron chi connectivity index (χ2n) is 8.57. The molecule has 0 aliphatic rings. The molecule has 0 saturated heterocycles. The first kappa shape index (κ1) is 27.6. The van der Waals surface area contributed by atoms with Gasteiger partial charge in [-0.2, -0.15) is 13.5 Å². The van der Waals surface area contributed by atoms with Crippen molar-refractivity contribution in [3.63, 3.8) is 0 Å². The number of nitrogens with one attached hydrogen (secondary N) is 1. The molecular formula is C25H23F3N5O5S+. The topological polar surface area (TPSA) is 123 Å². The summed E-state index contributed by atoms with van der Waals surface area (Å²) in [7, 11) is -0.397. The van der Waals surface area contributed by atoms with Crippen LogP contribution in [0.15, 0.2) is 83.1 Å². The smallest absolute Gasteiger partial charge is 0.406 e. The predicted octanol–water partition coefficient (Wildman–Crippen LogP) is 3.68. The molecule has 0 aliphatic carbocycles. The van der Waals surface area contributed by atoms with Crippen LogP contribution < -0.4 is 15.0 Å². The number of fused-ring (bicyclic) bond motifs is 1. The first-order valence-corrected chi connectivity index (χ1v) is 12.7. The van der Waals surface area contributed by atoms with E-state index in [0.29, 0.717) is 11.2 Å². The molecule has 5 rings (SSSR count). The molecule has 2 aromatic carbocycles. The van der Waals surface area contributed by atoms with Crippen molar-refractivity contribution >= 4 is 21.2 Å². The molecule has 204 valence electrons. The lowest BCUT2D eigenvalue weighted by atomic mass is 10.1. The van der Waals surface area contributed by atoms with Crippen LogP contribution in [0.1, 0.15) is 5.56 Å². The van der Waals surface area contributed by atoms with E-state index < -0.39 is 16.5 Å². The van der Waals surface area contributed by atoms with Crippen molar-refractivity contribution < 1.29 is 35.6 Å². The fourth-order valence-corrected chi connectivity index (χ4v) is 4.27. The second kappa shape index (κ2) is 10.4. The van der Waals surface area contributed by atoms with E-state index in [-0.39, 0.29) is 21.7 Å². The number of ether oxygens (including phenoxy) is 1. The van der Waals surface area contributed by atoms with E-state index in [2.05, 4.69) is 14.8 Å². The number of hydrogen-bond acceptors (Lipinski definition) is 5. The number of benzene rings is 2. The lowest BCUT2D eigenvalue weighted by Gasteiger charge is -2.12. The van der Waals surface area contributed by atoms with Gasteiger partial charge in [0.2, 0.25) is 6.20 Å². The molecule has 0 unspecified atom stereocenters. The fraction of sp³-hybridized carbons (Fsp3) is 0.160. The van der Waals surface area contributed by atoms with Gasteiger partial charge in [0, 0.05) is 24.5 Å². The van der Waals surface area contributed by atoms with Crippen LogP contribution in [0.25, 0.3) is 27.8 Å². The molecule has 0 radical (unpaired) electrons. The van der Waals surface area contributed by atoms with Gasteiger partial charge in [-0.1, -0.05) is 17.7 Å². The maximum atomic E-state index is 12.9. The molecule has 14 heteroatoms. The average molecular weight is 563 g/mol. The number of aryl methyl sites for hydroxylation is 3. The Morgan fingerprint density at radius 2 is 1.72 bits per heavy atom. The average Bonchev–Trinajstić information content (AvgIpc) is 3.45. The maximum Gasteiger partial charge on any atom is 0.573 e. The highest BCUT2D eigenvalue weighted by Crippen LogP contribution is 2.27. The van der Waals surface area contributed by atoms with Gasteiger partial charge in [-0.3, -0.25) is 13.9 Å². The Morgan fingerprint density at radius 1 is 1.08 bits per heavy atom. The number of imidazole rings is 1. The summed E-state index contributed by atoms with van der Waals surface area (Å²) in [6, 6.07) is 11.1. The monoisotopic (exact) mass is 562 g/mol. The van der Waals surface area contributed by atoms with Crippen molar-refractivity contribution in [2.24, 2.45) is 14.1 Å². The quantitative estimate of drug-likeness (QED) is 0.255. The highest BCUT2D eigenvalue weighted by molar-refractivity contribution is 7.85. The number of alkyl halides is 3. The molecule has 0 amide bonds. The van der Waals surface area contributed by atoms with E-state index in [4.69, 9.17) is 4.55 Å². The Bertz CT molecular complexity index is 1790. The minimum absolute atomic E-state index is 0.0666. The van der Waals surface area contributed by atoms with Crippen LogP contribution in [0.5, 0.6) is 5.75 Å². The number of pyridine rings is 1. The number of aromatic amines is 1. The summed E-state index contributed by atoms with van der Waals surface area (Å²) in [6.07, 6.45) is 2.07. The van der Waals surface area contributed by atoms with Crippen LogP contribution in [0.2, 0.25) is 0 Å². The van der Waals surface area contributed by atoms with Crippen molar-refractivity contribution in [2.75, 3.05) is 0 Å². The number of nitrogens with zero attached hydrogens (tertiary/aromatic N) is 4. The van der Waals surface area contributed by atoms with Crippen molar-refractivity contribution in [3.8, 4) is 22.6 Å². The SMILES string of the molecule is Cc1ccc(S(=O)(=O)O)cc1.Cn1cnc2c(=O)n(-c3ccc(OC(F)(F)F)cc3)cc(-c3c[nH][n+](C)c3)c21. The maximum absolute atomic E-state index is 12.9. The minimum atomic E-state index is -4.78. The molecule has 0 bridgehead atoms. The van der Waals surface area contributed by atoms with Crippen molar-refractivity contribution in [2.45, 2.75) is 18.2 Å². The largest absolute Gasteiger partial charge is 0.573 e. The Balaban J connectivity index is 0.000000270. The van der Waals surface area contributed by atoms with Gasteiger partial charge in [0.25, 0.3) is 15.7 Å². The zero-order chi connectivity index (χ0) is 28.5. The second-order valence-corrected chi connectivity index (χ2v) is 9.99. The summed E-state index contributed by atoms with van der Waals surface area (Å²) >= 11 is 0. The molecule has 3 aromatic heterocycles. The predicted molar refractivity (Wildman–Crippen MR) is 135 cm³/mol. The molecule has 39 heavy (non-hydrogen) atoms. The lowest BCUT2D eigenvalue weighted by Crippen LogP contribution is -2.27. The van der Waals surface area contributed by atoms with Crippen molar-refractivity contribution in [1.29, 1.82) is 0 Å². The van der Waals surface area contributed by atoms with Crippen molar-refractivity contribution in [3.05, 3.63) is 89.4 Å². The molecular weight excluding hydrogens is 539 g/mol. The van der Waals surface area contributed by atoms with Crippen LogP contribution in [-0.2, 0) is 24.2 Å². The van der Waals surface area contributed by atoms with Gasteiger partial charge in [-0.05, 0) is 43.3 Å². The Labute approximate surface area is 220 Å². The first-order valence-electron chi connectivity index (χ1n) is 11.2. The molecule has 0 fully saturated rings. The molecule has 0 atom stereocenters. The van der Waals surface area contributed by atoms with Gasteiger partial charge in [-0.25, -0.2) is 4.98 Å². The van der Waals surface area contributed by atoms with E-state index in [9.17, 15) is 26.4 Å². The third-order valence-corrected chi connectivity index (χ3v) is 6.47. The Morgan fingerprint density at radius 3 is 2.26 bits per heavy atom. The summed E-state index contributed by atoms with van der Waals surface area (Å²) in [6.45, 7) is 1.84. The molecule has 0 saturated carbocycles. The van der Waals surface area contributed by atoms with Gasteiger partial charge < -0.3 is 9.30 Å². The number of hydrogen-bond donors (Lipinski definition) is 2. The third kappa shape index (κ3) is 6.35. The van der Waals surface area contributed by atoms with Gasteiger partial charge in [0.15, 0.2) is 12.6 Å². The van der Waals surface area contributed by atoms with E-state index in [1.165, 1.54) is 28.8 Å². The molecule has 2 N–H and O–H groups in total. The summed E-state index contributed by atoms with van der Waals surface area (Å²) in [4.78, 5) is 17.0. The minimum Gasteiger partial charge on any atom is -0.406 e. The number of halogens is 3. The Hall–Kier alpha value is -4.43. The third-order valence-electron chi connectivity index (χ3n) is 5.61. The van der Waals surface area contributed by atoms with E-state index in [1.807, 2.05) is 20.2 Å². The molecule has 5 aromatic rings. The van der Waals surface area contributed by atoms with Crippen LogP contribution in [0.3, 0.4) is 0 Å². The highest BCUT2D eigenvalue weighted by Gasteiger charge is 2.31. The fourth-order valence-electron chi connectivity index (χ4n) is 3.79. The van der Waals surface area contributed by atoms with Gasteiger partial charge in [0.05, 0.1) is 28.5 Å². The molecule has 0 spiro atoms. The summed E-state index contributed by atoms with van der Waals surface area (Å²) in [5.74, 6) is -0.360. The number of aromatic nitrogens is 5. The van der Waals surface area contributed by atoms with Gasteiger partial charge >= 0.3 is 6.36 Å². The number of rotatable bonds is 4. The van der Waals surface area contributed by atoms with Gasteiger partial charge in [0.1, 0.15) is 5.75 Å². The summed E-state index contributed by atoms with van der Waals surface area (Å²) in [5.41, 5.74) is 3.50. The van der Waals surface area contributed by atoms with Crippen LogP contribution in [0.4, 0.5) is 13.2 Å². The van der Waals surface area contributed by atoms with Gasteiger partial charge in [-0.15, -0.1) is 17.9 Å². The van der Waals surface area contributed by atoms with Crippen LogP contribution in [-0.4, -0.2) is 38.5 Å². The van der Waals surface area contributed by atoms with E-state index >= 15 is 0 Å². The first-order chi connectivity index (χ1) is 18.2. The summed E-state index contributed by atoms with van der Waals surface area (Å²) in [5, 5.41) is 3.02. The zero-order valence-corrected chi connectivity index (χ0v) is 21.7. The van der Waals surface area contributed by atoms with E-state index in [0.717, 1.165) is 28.8 Å². The molecule has 0 aliphatic heterocycles. The summed E-state index contributed by atoms with van der Waals surface area (Å²) < 4.78 is 75.4. The molecule has 10 nitrogen and oxygen atoms in total. The Kier molecular flexibility index (Phi) is 7.35. The number of H-pyrrole nitrogens is 1. The van der Waals surface area contributed by atoms with Crippen LogP contribution >= 0.6 is 0 Å². The van der Waals surface area contributed by atoms with Crippen LogP contribution in [0, 0.1) is 6.92 Å². The lowest BCUT2D eigenvalue weighted by molar-refractivity contribution is -0.726. The van der Waals surface area contributed by atoms with Crippen molar-refractivity contribution in [1.82, 2.24) is 19.2 Å². The van der Waals surface area contributed by atoms with E-state index in [1.54, 1.807) is 47.2 Å². The molecule has 3 heterocycles.